The monoisotopic (exact) mass is 319 g/mol. The van der Waals surface area contributed by atoms with Crippen molar-refractivity contribution in [2.45, 2.75) is 45.1 Å². The largest absolute Gasteiger partial charge is 0.368 e. The molecule has 1 amide bonds. The summed E-state index contributed by atoms with van der Waals surface area (Å²) in [5.41, 5.74) is 4.85. The third-order valence-electron chi connectivity index (χ3n) is 4.15. The van der Waals surface area contributed by atoms with Gasteiger partial charge >= 0.3 is 0 Å². The zero-order valence-electron chi connectivity index (χ0n) is 13.2. The average Bonchev–Trinajstić information content (AvgIpc) is 2.42. The lowest BCUT2D eigenvalue weighted by atomic mass is 9.93. The molecule has 0 saturated carbocycles. The van der Waals surface area contributed by atoms with Gasteiger partial charge in [0, 0.05) is 13.1 Å². The molecule has 0 bridgehead atoms. The Morgan fingerprint density at radius 1 is 1.29 bits per heavy atom. The summed E-state index contributed by atoms with van der Waals surface area (Å²) in [7, 11) is -2.80. The highest BCUT2D eigenvalue weighted by Crippen LogP contribution is 2.14. The number of nitrogens with one attached hydrogen (secondary N) is 1. The van der Waals surface area contributed by atoms with Crippen molar-refractivity contribution >= 4 is 15.7 Å². The topological polar surface area (TPSA) is 92.5 Å². The second-order valence-electron chi connectivity index (χ2n) is 6.07. The van der Waals surface area contributed by atoms with Gasteiger partial charge in [-0.05, 0) is 45.7 Å². The first kappa shape index (κ1) is 18.4. The first-order chi connectivity index (χ1) is 9.79. The summed E-state index contributed by atoms with van der Waals surface area (Å²) in [6.07, 6.45) is 3.54. The summed E-state index contributed by atoms with van der Waals surface area (Å²) < 4.78 is 22.7. The molecule has 124 valence electrons. The Morgan fingerprint density at radius 3 is 2.43 bits per heavy atom. The van der Waals surface area contributed by atoms with Crippen molar-refractivity contribution in [1.82, 2.24) is 10.2 Å². The van der Waals surface area contributed by atoms with Crippen LogP contribution in [0, 0.1) is 0 Å². The number of carbonyl (C=O) groups excluding carboxylic acids is 1. The van der Waals surface area contributed by atoms with Crippen LogP contribution in [0.3, 0.4) is 0 Å². The molecule has 1 fully saturated rings. The molecule has 0 radical (unpaired) electrons. The van der Waals surface area contributed by atoms with Gasteiger partial charge in [-0.1, -0.05) is 6.92 Å². The molecule has 1 unspecified atom stereocenters. The molecule has 1 rings (SSSR count). The molecule has 0 aromatic heterocycles. The zero-order valence-corrected chi connectivity index (χ0v) is 14.0. The Morgan fingerprint density at radius 2 is 1.90 bits per heavy atom. The molecule has 7 heteroatoms. The van der Waals surface area contributed by atoms with Crippen LogP contribution in [0.2, 0.25) is 0 Å². The highest BCUT2D eigenvalue weighted by molar-refractivity contribution is 7.91. The van der Waals surface area contributed by atoms with Gasteiger partial charge in [0.25, 0.3) is 0 Å². The van der Waals surface area contributed by atoms with Crippen molar-refractivity contribution in [3.05, 3.63) is 0 Å². The van der Waals surface area contributed by atoms with E-state index in [0.717, 1.165) is 32.4 Å². The molecule has 1 aliphatic rings. The zero-order chi connectivity index (χ0) is 15.9. The molecule has 6 nitrogen and oxygen atoms in total. The van der Waals surface area contributed by atoms with E-state index in [2.05, 4.69) is 17.1 Å². The lowest BCUT2D eigenvalue weighted by molar-refractivity contribution is -0.124. The van der Waals surface area contributed by atoms with Gasteiger partial charge in [-0.2, -0.15) is 0 Å². The van der Waals surface area contributed by atoms with Crippen LogP contribution in [0.5, 0.6) is 0 Å². The fourth-order valence-electron chi connectivity index (χ4n) is 2.49. The molecule has 1 saturated heterocycles. The molecule has 21 heavy (non-hydrogen) atoms. The number of sulfone groups is 1. The van der Waals surface area contributed by atoms with Crippen molar-refractivity contribution in [2.24, 2.45) is 5.73 Å². The predicted octanol–water partition coefficient (Wildman–Crippen LogP) is 0.131. The van der Waals surface area contributed by atoms with Gasteiger partial charge in [-0.15, -0.1) is 0 Å². The van der Waals surface area contributed by atoms with Gasteiger partial charge in [-0.25, -0.2) is 8.42 Å². The quantitative estimate of drug-likeness (QED) is 0.589. The Labute approximate surface area is 128 Å². The Kier molecular flexibility index (Phi) is 7.09. The van der Waals surface area contributed by atoms with Crippen molar-refractivity contribution in [1.29, 1.82) is 0 Å². The smallest absolute Gasteiger partial charge is 0.237 e. The highest BCUT2D eigenvalue weighted by atomic mass is 32.2. The summed E-state index contributed by atoms with van der Waals surface area (Å²) in [6.45, 7) is 6.84. The molecular weight excluding hydrogens is 290 g/mol. The lowest BCUT2D eigenvalue weighted by Crippen LogP contribution is -2.53. The van der Waals surface area contributed by atoms with E-state index in [4.69, 9.17) is 5.73 Å². The van der Waals surface area contributed by atoms with Crippen molar-refractivity contribution in [2.75, 3.05) is 37.7 Å². The number of carbonyl (C=O) groups is 1. The molecule has 0 spiro atoms. The van der Waals surface area contributed by atoms with Crippen LogP contribution in [0.1, 0.15) is 39.5 Å². The van der Waals surface area contributed by atoms with E-state index in [0.29, 0.717) is 19.5 Å². The molecule has 0 aliphatic carbocycles. The normalized spacial score (nSPS) is 21.8. The minimum absolute atomic E-state index is 0.268. The van der Waals surface area contributed by atoms with Gasteiger partial charge in [0.15, 0.2) is 9.84 Å². The summed E-state index contributed by atoms with van der Waals surface area (Å²) >= 11 is 0. The fourth-order valence-corrected chi connectivity index (χ4v) is 3.76. The Balaban J connectivity index is 2.27. The molecule has 0 aromatic rings. The van der Waals surface area contributed by atoms with E-state index in [1.54, 1.807) is 0 Å². The Bertz CT molecular complexity index is 425. The maximum Gasteiger partial charge on any atom is 0.237 e. The number of nitrogens with zero attached hydrogens (tertiary/aromatic N) is 1. The number of nitrogens with two attached hydrogens (primary N) is 1. The molecule has 1 heterocycles. The summed E-state index contributed by atoms with van der Waals surface area (Å²) in [6, 6.07) is 0. The number of hydrogen-bond donors (Lipinski definition) is 2. The van der Waals surface area contributed by atoms with Gasteiger partial charge in [-0.3, -0.25) is 4.79 Å². The van der Waals surface area contributed by atoms with Gasteiger partial charge in [0.2, 0.25) is 5.91 Å². The number of primary amides is 1. The number of amides is 1. The first-order valence-corrected chi connectivity index (χ1v) is 9.59. The van der Waals surface area contributed by atoms with Gasteiger partial charge < -0.3 is 16.0 Å². The van der Waals surface area contributed by atoms with Crippen LogP contribution < -0.4 is 11.1 Å². The summed E-state index contributed by atoms with van der Waals surface area (Å²) in [4.78, 5) is 13.8. The minimum Gasteiger partial charge on any atom is -0.368 e. The van der Waals surface area contributed by atoms with Crippen LogP contribution in [0.25, 0.3) is 0 Å². The second kappa shape index (κ2) is 8.10. The number of unbranched alkanes of at least 4 members (excludes halogenated alkanes) is 1. The van der Waals surface area contributed by atoms with Crippen LogP contribution in [0.4, 0.5) is 0 Å². The molecular formula is C14H29N3O3S. The molecule has 3 N–H and O–H groups in total. The Hall–Kier alpha value is -0.660. The van der Waals surface area contributed by atoms with Crippen LogP contribution in [0.15, 0.2) is 0 Å². The van der Waals surface area contributed by atoms with E-state index in [1.165, 1.54) is 0 Å². The second-order valence-corrected chi connectivity index (χ2v) is 8.38. The highest BCUT2D eigenvalue weighted by Gasteiger charge is 2.29. The van der Waals surface area contributed by atoms with Crippen molar-refractivity contribution in [3.63, 3.8) is 0 Å². The van der Waals surface area contributed by atoms with Gasteiger partial charge in [0.1, 0.15) is 0 Å². The van der Waals surface area contributed by atoms with Crippen LogP contribution in [-0.2, 0) is 14.6 Å². The molecule has 1 atom stereocenters. The SMILES string of the molecule is CCCNC(C)(CCCCN1CCS(=O)(=O)CC1)C(N)=O. The maximum absolute atomic E-state index is 11.6. The van der Waals surface area contributed by atoms with E-state index in [-0.39, 0.29) is 17.4 Å². The van der Waals surface area contributed by atoms with Gasteiger partial charge in [0.05, 0.1) is 17.0 Å². The number of rotatable bonds is 9. The first-order valence-electron chi connectivity index (χ1n) is 7.77. The van der Waals surface area contributed by atoms with Crippen molar-refractivity contribution < 1.29 is 13.2 Å². The van der Waals surface area contributed by atoms with E-state index >= 15 is 0 Å². The lowest BCUT2D eigenvalue weighted by Gasteiger charge is -2.29. The average molecular weight is 319 g/mol. The van der Waals surface area contributed by atoms with E-state index in [1.807, 2.05) is 6.92 Å². The number of hydrogen-bond acceptors (Lipinski definition) is 5. The van der Waals surface area contributed by atoms with Crippen LogP contribution in [-0.4, -0.2) is 62.4 Å². The third-order valence-corrected chi connectivity index (χ3v) is 5.76. The predicted molar refractivity (Wildman–Crippen MR) is 84.8 cm³/mol. The molecule has 1 aliphatic heterocycles. The maximum atomic E-state index is 11.6. The fraction of sp³-hybridized carbons (Fsp3) is 0.929. The van der Waals surface area contributed by atoms with E-state index in [9.17, 15) is 13.2 Å². The van der Waals surface area contributed by atoms with Crippen molar-refractivity contribution in [3.8, 4) is 0 Å². The standard InChI is InChI=1S/C14H29N3O3S/c1-3-7-16-14(2,13(15)18)6-4-5-8-17-9-11-21(19,20)12-10-17/h16H,3-12H2,1-2H3,(H2,15,18). The van der Waals surface area contributed by atoms with E-state index < -0.39 is 15.4 Å². The molecule has 0 aromatic carbocycles. The van der Waals surface area contributed by atoms with Crippen LogP contribution >= 0.6 is 0 Å². The third kappa shape index (κ3) is 6.32. The summed E-state index contributed by atoms with van der Waals surface area (Å²) in [5.74, 6) is 0.230. The summed E-state index contributed by atoms with van der Waals surface area (Å²) in [5, 5.41) is 3.23. The minimum atomic E-state index is -2.80.